The van der Waals surface area contributed by atoms with E-state index < -0.39 is 0 Å². The number of nitrogens with two attached hydrogens (primary N) is 1. The minimum atomic E-state index is -0.330. The number of anilines is 1. The summed E-state index contributed by atoms with van der Waals surface area (Å²) in [6.07, 6.45) is 2.60. The van der Waals surface area contributed by atoms with Gasteiger partial charge in [0, 0.05) is 41.4 Å². The second kappa shape index (κ2) is 5.88. The van der Waals surface area contributed by atoms with Crippen LogP contribution in [0.5, 0.6) is 0 Å². The predicted molar refractivity (Wildman–Crippen MR) is 108 cm³/mol. The van der Waals surface area contributed by atoms with Crippen LogP contribution < -0.4 is 5.73 Å². The van der Waals surface area contributed by atoms with E-state index in [1.807, 2.05) is 24.3 Å². The van der Waals surface area contributed by atoms with Gasteiger partial charge in [0.05, 0.1) is 5.92 Å². The Bertz CT molecular complexity index is 905. The Morgan fingerprint density at radius 1 is 0.963 bits per heavy atom. The smallest absolute Gasteiger partial charge is 0.161 e. The maximum Gasteiger partial charge on any atom is 0.161 e. The highest BCUT2D eigenvalue weighted by Crippen LogP contribution is 2.51. The third kappa shape index (κ3) is 3.15. The number of aliphatic imine (C=N–C) groups is 1. The summed E-state index contributed by atoms with van der Waals surface area (Å²) in [5, 5.41) is 0. The maximum atomic E-state index is 13.2. The first-order valence-electron chi connectivity index (χ1n) is 9.78. The molecule has 4 rings (SSSR count). The molecule has 1 fully saturated rings. The molecule has 1 saturated carbocycles. The monoisotopic (exact) mass is 364 g/mol. The van der Waals surface area contributed by atoms with Crippen molar-refractivity contribution in [1.82, 2.24) is 0 Å². The lowest BCUT2D eigenvalue weighted by atomic mass is 9.60. The van der Waals surface area contributed by atoms with Crippen molar-refractivity contribution in [1.29, 1.82) is 0 Å². The first kappa shape index (κ1) is 18.1. The van der Waals surface area contributed by atoms with Crippen molar-refractivity contribution in [3.8, 4) is 0 Å². The number of fused-ring (bicyclic) bond motifs is 1. The molecule has 0 bridgehead atoms. The fraction of sp³-hybridized carbons (Fsp3) is 0.522. The van der Waals surface area contributed by atoms with Gasteiger partial charge in [0.2, 0.25) is 0 Å². The number of nitrogen functional groups attached to an aromatic ring is 1. The Morgan fingerprint density at radius 2 is 1.67 bits per heavy atom. The normalized spacial score (nSPS) is 29.1. The molecule has 1 heterocycles. The molecule has 0 radical (unpaired) electrons. The Hall–Kier alpha value is -2.23. The van der Waals surface area contributed by atoms with E-state index in [-0.39, 0.29) is 34.2 Å². The Labute approximate surface area is 160 Å². The van der Waals surface area contributed by atoms with Gasteiger partial charge in [-0.15, -0.1) is 0 Å². The maximum absolute atomic E-state index is 13.2. The molecule has 1 aromatic rings. The molecule has 1 aromatic carbocycles. The summed E-state index contributed by atoms with van der Waals surface area (Å²) in [4.78, 5) is 31.3. The quantitative estimate of drug-likeness (QED) is 0.748. The lowest BCUT2D eigenvalue weighted by Crippen LogP contribution is -2.45. The number of allylic oxidation sites excluding steroid dienone is 2. The molecule has 142 valence electrons. The lowest BCUT2D eigenvalue weighted by Gasteiger charge is -2.44. The van der Waals surface area contributed by atoms with Crippen LogP contribution >= 0.6 is 0 Å². The Kier molecular flexibility index (Phi) is 3.95. The van der Waals surface area contributed by atoms with Crippen molar-refractivity contribution in [2.24, 2.45) is 21.7 Å². The summed E-state index contributed by atoms with van der Waals surface area (Å²) in [6, 6.07) is 7.66. The fourth-order valence-corrected chi connectivity index (χ4v) is 5.12. The van der Waals surface area contributed by atoms with Gasteiger partial charge in [-0.05, 0) is 41.4 Å². The molecule has 4 nitrogen and oxygen atoms in total. The van der Waals surface area contributed by atoms with Crippen LogP contribution in [0.1, 0.15) is 64.9 Å². The van der Waals surface area contributed by atoms with E-state index >= 15 is 0 Å². The van der Waals surface area contributed by atoms with Crippen molar-refractivity contribution >= 4 is 23.0 Å². The van der Waals surface area contributed by atoms with Crippen molar-refractivity contribution in [2.75, 3.05) is 5.73 Å². The van der Waals surface area contributed by atoms with Crippen LogP contribution in [0.4, 0.5) is 5.69 Å². The van der Waals surface area contributed by atoms with Gasteiger partial charge in [-0.1, -0.05) is 39.8 Å². The number of carbonyl (C=O) groups is 2. The number of hydrogen-bond donors (Lipinski definition) is 1. The van der Waals surface area contributed by atoms with E-state index in [9.17, 15) is 9.59 Å². The fourth-order valence-electron chi connectivity index (χ4n) is 5.12. The molecule has 4 heteroatoms. The number of rotatable bonds is 1. The van der Waals surface area contributed by atoms with E-state index in [4.69, 9.17) is 10.7 Å². The average Bonchev–Trinajstić information content (AvgIpc) is 2.50. The minimum Gasteiger partial charge on any atom is -0.399 e. The molecule has 27 heavy (non-hydrogen) atoms. The number of Topliss-reactive ketones (excluding diaryl/α,β-unsaturated/α-hetero) is 2. The summed E-state index contributed by atoms with van der Waals surface area (Å²) in [5.74, 6) is -0.248. The molecule has 2 unspecified atom stereocenters. The van der Waals surface area contributed by atoms with Gasteiger partial charge in [0.1, 0.15) is 5.78 Å². The van der Waals surface area contributed by atoms with E-state index in [0.717, 1.165) is 35.4 Å². The third-order valence-electron chi connectivity index (χ3n) is 6.11. The van der Waals surface area contributed by atoms with Gasteiger partial charge in [-0.3, -0.25) is 14.6 Å². The molecule has 0 saturated heterocycles. The van der Waals surface area contributed by atoms with Gasteiger partial charge in [-0.2, -0.15) is 0 Å². The van der Waals surface area contributed by atoms with Gasteiger partial charge >= 0.3 is 0 Å². The van der Waals surface area contributed by atoms with Crippen molar-refractivity contribution in [3.05, 3.63) is 41.1 Å². The van der Waals surface area contributed by atoms with Crippen molar-refractivity contribution in [3.63, 3.8) is 0 Å². The van der Waals surface area contributed by atoms with E-state index in [1.54, 1.807) is 0 Å². The molecule has 2 atom stereocenters. The van der Waals surface area contributed by atoms with Crippen LogP contribution in [0.3, 0.4) is 0 Å². The topological polar surface area (TPSA) is 72.5 Å². The van der Waals surface area contributed by atoms with Crippen molar-refractivity contribution < 1.29 is 9.59 Å². The van der Waals surface area contributed by atoms with Crippen LogP contribution in [0.15, 0.2) is 40.5 Å². The molecule has 3 aliphatic rings. The zero-order chi connectivity index (χ0) is 19.6. The van der Waals surface area contributed by atoms with Gasteiger partial charge in [0.25, 0.3) is 0 Å². The zero-order valence-corrected chi connectivity index (χ0v) is 16.6. The summed E-state index contributed by atoms with van der Waals surface area (Å²) in [5.41, 5.74) is 10.1. The lowest BCUT2D eigenvalue weighted by molar-refractivity contribution is -0.124. The molecule has 2 aliphatic carbocycles. The number of hydrogen-bond acceptors (Lipinski definition) is 4. The molecule has 0 aromatic heterocycles. The Balaban J connectivity index is 1.92. The summed E-state index contributed by atoms with van der Waals surface area (Å²) in [6.45, 7) is 8.48. The van der Waals surface area contributed by atoms with Gasteiger partial charge in [-0.25, -0.2) is 0 Å². The Morgan fingerprint density at radius 3 is 2.37 bits per heavy atom. The van der Waals surface area contributed by atoms with E-state index in [1.165, 1.54) is 0 Å². The standard InChI is InChI=1S/C23H28N2O2/c1-22(2)9-15-20(17(26)11-22)19(13-6-5-7-14(24)8-13)21-16(25-15)10-23(3,4)12-18(21)27/h5-8,19-20H,9-12,24H2,1-4H3. The number of ketones is 2. The highest BCUT2D eigenvalue weighted by atomic mass is 16.1. The minimum absolute atomic E-state index is 0.0844. The summed E-state index contributed by atoms with van der Waals surface area (Å²) in [7, 11) is 0. The van der Waals surface area contributed by atoms with Crippen LogP contribution in [-0.2, 0) is 9.59 Å². The second-order valence-electron chi connectivity index (χ2n) is 10.0. The van der Waals surface area contributed by atoms with Gasteiger partial charge in [0.15, 0.2) is 5.78 Å². The largest absolute Gasteiger partial charge is 0.399 e. The molecule has 2 N–H and O–H groups in total. The van der Waals surface area contributed by atoms with Crippen LogP contribution in [-0.4, -0.2) is 17.3 Å². The first-order chi connectivity index (χ1) is 12.6. The molecular weight excluding hydrogens is 336 g/mol. The predicted octanol–water partition coefficient (Wildman–Crippen LogP) is 4.46. The third-order valence-corrected chi connectivity index (χ3v) is 6.11. The molecule has 0 amide bonds. The van der Waals surface area contributed by atoms with E-state index in [2.05, 4.69) is 27.7 Å². The first-order valence-corrected chi connectivity index (χ1v) is 9.78. The van der Waals surface area contributed by atoms with Crippen molar-refractivity contribution in [2.45, 2.75) is 59.3 Å². The highest BCUT2D eigenvalue weighted by Gasteiger charge is 2.49. The second-order valence-corrected chi connectivity index (χ2v) is 10.0. The summed E-state index contributed by atoms with van der Waals surface area (Å²) < 4.78 is 0. The van der Waals surface area contributed by atoms with Crippen LogP contribution in [0, 0.1) is 16.7 Å². The van der Waals surface area contributed by atoms with Gasteiger partial charge < -0.3 is 5.73 Å². The number of carbonyl (C=O) groups excluding carboxylic acids is 2. The highest BCUT2D eigenvalue weighted by molar-refractivity contribution is 6.13. The van der Waals surface area contributed by atoms with E-state index in [0.29, 0.717) is 18.5 Å². The van der Waals surface area contributed by atoms with Crippen LogP contribution in [0.2, 0.25) is 0 Å². The number of benzene rings is 1. The molecule has 0 spiro atoms. The number of nitrogens with zero attached hydrogens (tertiary/aromatic N) is 1. The van der Waals surface area contributed by atoms with Crippen LogP contribution in [0.25, 0.3) is 0 Å². The summed E-state index contributed by atoms with van der Waals surface area (Å²) >= 11 is 0. The SMILES string of the molecule is CC1(C)CC(=O)C2C(=NC3=C(C(=O)CC(C)(C)C3)C2c2cccc(N)c2)C1. The molecular formula is C23H28N2O2. The molecule has 1 aliphatic heterocycles. The average molecular weight is 364 g/mol. The zero-order valence-electron chi connectivity index (χ0n) is 16.6.